The van der Waals surface area contributed by atoms with Gasteiger partial charge in [-0.15, -0.1) is 0 Å². The van der Waals surface area contributed by atoms with E-state index in [0.717, 1.165) is 17.7 Å². The second-order valence-corrected chi connectivity index (χ2v) is 6.01. The van der Waals surface area contributed by atoms with E-state index in [1.807, 2.05) is 30.3 Å². The van der Waals surface area contributed by atoms with Gasteiger partial charge in [0.15, 0.2) is 0 Å². The van der Waals surface area contributed by atoms with E-state index in [4.69, 9.17) is 4.74 Å². The van der Waals surface area contributed by atoms with Crippen LogP contribution in [0.2, 0.25) is 0 Å². The molecule has 3 nitrogen and oxygen atoms in total. The van der Waals surface area contributed by atoms with E-state index in [1.54, 1.807) is 11.0 Å². The molecule has 136 valence electrons. The molecule has 1 saturated heterocycles. The molecule has 26 heavy (non-hydrogen) atoms. The molecule has 2 aromatic carbocycles. The van der Waals surface area contributed by atoms with E-state index in [2.05, 4.69) is 0 Å². The topological polar surface area (TPSA) is 29.5 Å². The van der Waals surface area contributed by atoms with Gasteiger partial charge in [0.2, 0.25) is 5.91 Å². The Labute approximate surface area is 149 Å². The minimum Gasteiger partial charge on any atom is -0.370 e. The summed E-state index contributed by atoms with van der Waals surface area (Å²) >= 11 is 0. The first-order valence-electron chi connectivity index (χ1n) is 8.24. The zero-order valence-corrected chi connectivity index (χ0v) is 13.9. The summed E-state index contributed by atoms with van der Waals surface area (Å²) in [6.07, 6.45) is -1.55. The fourth-order valence-corrected chi connectivity index (χ4v) is 2.77. The molecule has 0 spiro atoms. The highest BCUT2D eigenvalue weighted by Gasteiger charge is 2.31. The van der Waals surface area contributed by atoms with E-state index >= 15 is 0 Å². The number of carbonyl (C=O) groups is 1. The lowest BCUT2D eigenvalue weighted by atomic mass is 10.0. The molecule has 1 aliphatic rings. The molecule has 0 aromatic heterocycles. The summed E-state index contributed by atoms with van der Waals surface area (Å²) in [5.74, 6) is -0.144. The molecule has 6 heteroatoms. The van der Waals surface area contributed by atoms with Crippen LogP contribution in [-0.2, 0) is 15.7 Å². The van der Waals surface area contributed by atoms with Crippen molar-refractivity contribution in [1.29, 1.82) is 0 Å². The Hall–Kier alpha value is -2.60. The van der Waals surface area contributed by atoms with Gasteiger partial charge in [0.25, 0.3) is 0 Å². The quantitative estimate of drug-likeness (QED) is 0.762. The SMILES string of the molecule is O=C(C=Cc1ccccc1)N1CCOC(c2ccc(C(F)(F)F)cc2)C1. The maximum atomic E-state index is 12.7. The number of alkyl halides is 3. The number of hydrogen-bond acceptors (Lipinski definition) is 2. The van der Waals surface area contributed by atoms with Crippen LogP contribution >= 0.6 is 0 Å². The summed E-state index contributed by atoms with van der Waals surface area (Å²) in [5, 5.41) is 0. The van der Waals surface area contributed by atoms with Crippen LogP contribution < -0.4 is 0 Å². The zero-order chi connectivity index (χ0) is 18.6. The highest BCUT2D eigenvalue weighted by Crippen LogP contribution is 2.31. The standard InChI is InChI=1S/C20H18F3NO2/c21-20(22,23)17-9-7-16(8-10-17)18-14-24(12-13-26-18)19(25)11-6-15-4-2-1-3-5-15/h1-11,18H,12-14H2. The second kappa shape index (κ2) is 7.74. The van der Waals surface area contributed by atoms with Gasteiger partial charge in [-0.3, -0.25) is 4.79 Å². The summed E-state index contributed by atoms with van der Waals surface area (Å²) in [6.45, 7) is 1.11. The van der Waals surface area contributed by atoms with Crippen molar-refractivity contribution in [3.05, 3.63) is 77.4 Å². The molecule has 0 radical (unpaired) electrons. The fraction of sp³-hybridized carbons (Fsp3) is 0.250. The van der Waals surface area contributed by atoms with Gasteiger partial charge >= 0.3 is 6.18 Å². The molecule has 1 aliphatic heterocycles. The summed E-state index contributed by atoms with van der Waals surface area (Å²) < 4.78 is 43.6. The van der Waals surface area contributed by atoms with Gasteiger partial charge in [0.1, 0.15) is 6.10 Å². The molecule has 0 saturated carbocycles. The Morgan fingerprint density at radius 2 is 1.77 bits per heavy atom. The highest BCUT2D eigenvalue weighted by molar-refractivity contribution is 5.91. The van der Waals surface area contributed by atoms with Crippen molar-refractivity contribution in [1.82, 2.24) is 4.90 Å². The average molecular weight is 361 g/mol. The molecule has 1 atom stereocenters. The number of carbonyl (C=O) groups excluding carboxylic acids is 1. The first-order valence-corrected chi connectivity index (χ1v) is 8.24. The van der Waals surface area contributed by atoms with Crippen LogP contribution in [0, 0.1) is 0 Å². The van der Waals surface area contributed by atoms with Crippen LogP contribution in [0.4, 0.5) is 13.2 Å². The van der Waals surface area contributed by atoms with Crippen LogP contribution in [0.15, 0.2) is 60.7 Å². The van der Waals surface area contributed by atoms with E-state index in [0.29, 0.717) is 25.3 Å². The lowest BCUT2D eigenvalue weighted by Crippen LogP contribution is -2.41. The van der Waals surface area contributed by atoms with Gasteiger partial charge < -0.3 is 9.64 Å². The van der Waals surface area contributed by atoms with Gasteiger partial charge in [0.05, 0.1) is 18.7 Å². The molecule has 1 fully saturated rings. The summed E-state index contributed by atoms with van der Waals surface area (Å²) in [6, 6.07) is 14.4. The smallest absolute Gasteiger partial charge is 0.370 e. The molecule has 2 aromatic rings. The molecule has 0 bridgehead atoms. The molecule has 0 N–H and O–H groups in total. The molecule has 3 rings (SSSR count). The van der Waals surface area contributed by atoms with Gasteiger partial charge in [-0.1, -0.05) is 42.5 Å². The van der Waals surface area contributed by atoms with E-state index in [1.165, 1.54) is 18.2 Å². The second-order valence-electron chi connectivity index (χ2n) is 6.01. The summed E-state index contributed by atoms with van der Waals surface area (Å²) in [4.78, 5) is 14.0. The maximum Gasteiger partial charge on any atom is 0.416 e. The van der Waals surface area contributed by atoms with Crippen molar-refractivity contribution in [3.63, 3.8) is 0 Å². The number of benzene rings is 2. The van der Waals surface area contributed by atoms with Gasteiger partial charge in [-0.2, -0.15) is 13.2 Å². The van der Waals surface area contributed by atoms with Crippen LogP contribution in [-0.4, -0.2) is 30.5 Å². The van der Waals surface area contributed by atoms with Crippen LogP contribution in [0.1, 0.15) is 22.8 Å². The highest BCUT2D eigenvalue weighted by atomic mass is 19.4. The minimum atomic E-state index is -4.36. The van der Waals surface area contributed by atoms with E-state index in [-0.39, 0.29) is 5.91 Å². The molecule has 1 unspecified atom stereocenters. The predicted molar refractivity (Wildman–Crippen MR) is 92.2 cm³/mol. The Bertz CT molecular complexity index is 770. The largest absolute Gasteiger partial charge is 0.416 e. The van der Waals surface area contributed by atoms with Crippen molar-refractivity contribution in [2.24, 2.45) is 0 Å². The molecule has 0 aliphatic carbocycles. The van der Waals surface area contributed by atoms with Crippen molar-refractivity contribution in [2.45, 2.75) is 12.3 Å². The van der Waals surface area contributed by atoms with Crippen molar-refractivity contribution < 1.29 is 22.7 Å². The Morgan fingerprint density at radius 1 is 1.08 bits per heavy atom. The number of nitrogens with zero attached hydrogens (tertiary/aromatic N) is 1. The Balaban J connectivity index is 1.65. The Kier molecular flexibility index (Phi) is 5.42. The molecular formula is C20H18F3NO2. The first-order chi connectivity index (χ1) is 12.4. The lowest BCUT2D eigenvalue weighted by Gasteiger charge is -2.32. The van der Waals surface area contributed by atoms with E-state index in [9.17, 15) is 18.0 Å². The fourth-order valence-electron chi connectivity index (χ4n) is 2.77. The predicted octanol–water partition coefficient (Wildman–Crippen LogP) is 4.32. The zero-order valence-electron chi connectivity index (χ0n) is 13.9. The normalized spacial score (nSPS) is 18.3. The number of morpholine rings is 1. The third kappa shape index (κ3) is 4.52. The summed E-state index contributed by atoms with van der Waals surface area (Å²) in [7, 11) is 0. The number of rotatable bonds is 3. The van der Waals surface area contributed by atoms with Crippen molar-refractivity contribution >= 4 is 12.0 Å². The van der Waals surface area contributed by atoms with Crippen molar-refractivity contribution in [2.75, 3.05) is 19.7 Å². The molecule has 1 amide bonds. The van der Waals surface area contributed by atoms with E-state index < -0.39 is 17.8 Å². The van der Waals surface area contributed by atoms with Gasteiger partial charge in [-0.05, 0) is 29.3 Å². The van der Waals surface area contributed by atoms with Crippen LogP contribution in [0.25, 0.3) is 6.08 Å². The number of hydrogen-bond donors (Lipinski definition) is 0. The number of halogens is 3. The number of ether oxygens (including phenoxy) is 1. The number of amides is 1. The Morgan fingerprint density at radius 3 is 2.42 bits per heavy atom. The van der Waals surface area contributed by atoms with Crippen LogP contribution in [0.5, 0.6) is 0 Å². The molecule has 1 heterocycles. The van der Waals surface area contributed by atoms with Gasteiger partial charge in [-0.25, -0.2) is 0 Å². The van der Waals surface area contributed by atoms with Gasteiger partial charge in [0, 0.05) is 12.6 Å². The third-order valence-electron chi connectivity index (χ3n) is 4.21. The summed E-state index contributed by atoms with van der Waals surface area (Å²) in [5.41, 5.74) is 0.853. The van der Waals surface area contributed by atoms with Crippen molar-refractivity contribution in [3.8, 4) is 0 Å². The molecular weight excluding hydrogens is 343 g/mol. The first kappa shape index (κ1) is 18.2. The minimum absolute atomic E-state index is 0.144. The third-order valence-corrected chi connectivity index (χ3v) is 4.21. The maximum absolute atomic E-state index is 12.7. The van der Waals surface area contributed by atoms with Crippen LogP contribution in [0.3, 0.4) is 0 Å². The average Bonchev–Trinajstić information content (AvgIpc) is 2.66. The lowest BCUT2D eigenvalue weighted by molar-refractivity contribution is -0.137. The monoisotopic (exact) mass is 361 g/mol.